The summed E-state index contributed by atoms with van der Waals surface area (Å²) in [5.41, 5.74) is 5.12. The minimum absolute atomic E-state index is 0.0789. The van der Waals surface area contributed by atoms with Crippen LogP contribution in [0.5, 0.6) is 0 Å². The van der Waals surface area contributed by atoms with Crippen molar-refractivity contribution < 1.29 is 15.0 Å². The largest absolute Gasteiger partial charge is 0.481 e. The van der Waals surface area contributed by atoms with Crippen LogP contribution in [-0.4, -0.2) is 26.9 Å². The van der Waals surface area contributed by atoms with Gasteiger partial charge in [-0.3, -0.25) is 4.79 Å². The third-order valence-electron chi connectivity index (χ3n) is 7.55. The highest BCUT2D eigenvalue weighted by molar-refractivity contribution is 7.99. The van der Waals surface area contributed by atoms with E-state index in [9.17, 15) is 15.0 Å². The molecule has 40 heavy (non-hydrogen) atoms. The fraction of sp³-hybridized carbons (Fsp3) is 0.333. The molecule has 0 aliphatic heterocycles. The molecule has 0 radical (unpaired) electrons. The number of aliphatic carboxylic acids is 1. The average molecular weight is 592 g/mol. The third-order valence-corrected chi connectivity index (χ3v) is 10.6. The highest BCUT2D eigenvalue weighted by Crippen LogP contribution is 2.53. The summed E-state index contributed by atoms with van der Waals surface area (Å²) in [5.74, 6) is 0.124. The van der Waals surface area contributed by atoms with Crippen molar-refractivity contribution in [2.75, 3.05) is 5.75 Å². The number of hydrogen-bond acceptors (Lipinski definition) is 5. The van der Waals surface area contributed by atoms with Gasteiger partial charge >= 0.3 is 5.97 Å². The van der Waals surface area contributed by atoms with E-state index in [1.54, 1.807) is 11.3 Å². The molecule has 0 amide bonds. The van der Waals surface area contributed by atoms with Crippen LogP contribution in [0.2, 0.25) is 5.02 Å². The lowest BCUT2D eigenvalue weighted by molar-refractivity contribution is -0.138. The molecule has 2 aromatic heterocycles. The molecule has 0 unspecified atom stereocenters. The topological polar surface area (TPSA) is 70.4 Å². The molecule has 5 rings (SSSR count). The number of benzene rings is 2. The first-order valence-electron chi connectivity index (χ1n) is 13.6. The molecule has 2 aromatic carbocycles. The van der Waals surface area contributed by atoms with Crippen molar-refractivity contribution >= 4 is 63.0 Å². The Morgan fingerprint density at radius 1 is 1.15 bits per heavy atom. The van der Waals surface area contributed by atoms with Crippen LogP contribution < -0.4 is 0 Å². The van der Waals surface area contributed by atoms with E-state index >= 15 is 0 Å². The molecule has 7 heteroatoms. The first-order valence-corrected chi connectivity index (χ1v) is 15.9. The second-order valence-electron chi connectivity index (χ2n) is 11.3. The number of thiophene rings is 1. The second-order valence-corrected chi connectivity index (χ2v) is 13.8. The number of carboxylic acids is 1. The Morgan fingerprint density at radius 3 is 2.70 bits per heavy atom. The molecule has 2 heterocycles. The fourth-order valence-corrected chi connectivity index (χ4v) is 7.81. The van der Waals surface area contributed by atoms with Crippen LogP contribution in [0.25, 0.3) is 22.4 Å². The van der Waals surface area contributed by atoms with E-state index in [0.717, 1.165) is 64.0 Å². The van der Waals surface area contributed by atoms with Gasteiger partial charge in [-0.15, -0.1) is 11.3 Å². The molecular weight excluding hydrogens is 558 g/mol. The smallest absolute Gasteiger partial charge is 0.303 e. The van der Waals surface area contributed by atoms with Crippen LogP contribution in [0.1, 0.15) is 72.7 Å². The lowest BCUT2D eigenvalue weighted by Gasteiger charge is -2.24. The van der Waals surface area contributed by atoms with Crippen molar-refractivity contribution in [3.8, 4) is 0 Å². The van der Waals surface area contributed by atoms with E-state index in [4.69, 9.17) is 16.6 Å². The molecule has 4 aromatic rings. The predicted molar refractivity (Wildman–Crippen MR) is 169 cm³/mol. The van der Waals surface area contributed by atoms with Gasteiger partial charge in [-0.1, -0.05) is 66.2 Å². The number of hydrogen-bond donors (Lipinski definition) is 2. The van der Waals surface area contributed by atoms with Crippen molar-refractivity contribution in [3.63, 3.8) is 0 Å². The van der Waals surface area contributed by atoms with Gasteiger partial charge in [0.1, 0.15) is 5.52 Å². The summed E-state index contributed by atoms with van der Waals surface area (Å²) >= 11 is 9.76. The van der Waals surface area contributed by atoms with Gasteiger partial charge in [0.2, 0.25) is 0 Å². The van der Waals surface area contributed by atoms with E-state index in [-0.39, 0.29) is 17.1 Å². The Labute approximate surface area is 249 Å². The number of carbonyl (C=O) groups is 1. The maximum Gasteiger partial charge on any atom is 0.303 e. The number of aliphatic hydroxyl groups is 1. The Balaban J connectivity index is 1.37. The first kappa shape index (κ1) is 28.9. The SMILES string of the molecule is CC(C)(O)c1ccccc1CC[C@@H](SCC1(CC(=O)O)CC1)c1cccc(/C=C/c2ccc3scc(Cl)c3n2)c1. The predicted octanol–water partition coefficient (Wildman–Crippen LogP) is 9.01. The zero-order valence-electron chi connectivity index (χ0n) is 22.8. The third kappa shape index (κ3) is 7.16. The number of fused-ring (bicyclic) bond motifs is 1. The van der Waals surface area contributed by atoms with Gasteiger partial charge in [-0.25, -0.2) is 4.98 Å². The average Bonchev–Trinajstić information content (AvgIpc) is 3.58. The molecule has 0 spiro atoms. The number of carboxylic acid groups (broad SMARTS) is 1. The van der Waals surface area contributed by atoms with Gasteiger partial charge in [0.25, 0.3) is 0 Å². The van der Waals surface area contributed by atoms with Crippen molar-refractivity contribution in [2.45, 2.75) is 56.8 Å². The van der Waals surface area contributed by atoms with Gasteiger partial charge in [-0.05, 0) is 85.4 Å². The summed E-state index contributed by atoms with van der Waals surface area (Å²) in [6.45, 7) is 3.66. The molecular formula is C33H34ClNO3S2. The minimum Gasteiger partial charge on any atom is -0.481 e. The molecule has 1 saturated carbocycles. The van der Waals surface area contributed by atoms with E-state index in [1.807, 2.05) is 61.3 Å². The van der Waals surface area contributed by atoms with Crippen molar-refractivity contribution in [1.82, 2.24) is 4.98 Å². The zero-order valence-corrected chi connectivity index (χ0v) is 25.2. The monoisotopic (exact) mass is 591 g/mol. The fourth-order valence-electron chi connectivity index (χ4n) is 5.15. The number of pyridine rings is 1. The minimum atomic E-state index is -0.909. The maximum atomic E-state index is 11.5. The van der Waals surface area contributed by atoms with Crippen LogP contribution in [0.3, 0.4) is 0 Å². The zero-order chi connectivity index (χ0) is 28.3. The summed E-state index contributed by atoms with van der Waals surface area (Å²) in [4.78, 5) is 16.2. The number of nitrogens with zero attached hydrogens (tertiary/aromatic N) is 1. The molecule has 208 valence electrons. The molecule has 4 nitrogen and oxygen atoms in total. The molecule has 0 saturated heterocycles. The van der Waals surface area contributed by atoms with Crippen LogP contribution in [0.15, 0.2) is 66.0 Å². The number of aromatic nitrogens is 1. The van der Waals surface area contributed by atoms with Gasteiger partial charge in [0.15, 0.2) is 0 Å². The molecule has 1 fully saturated rings. The lowest BCUT2D eigenvalue weighted by atomic mass is 9.90. The summed E-state index contributed by atoms with van der Waals surface area (Å²) in [6, 6.07) is 20.7. The van der Waals surface area contributed by atoms with Crippen molar-refractivity contribution in [1.29, 1.82) is 0 Å². The van der Waals surface area contributed by atoms with Gasteiger partial charge < -0.3 is 10.2 Å². The first-order chi connectivity index (χ1) is 19.1. The Hall–Kier alpha value is -2.64. The quantitative estimate of drug-likeness (QED) is 0.172. The van der Waals surface area contributed by atoms with Crippen LogP contribution >= 0.6 is 34.7 Å². The molecule has 0 bridgehead atoms. The molecule has 1 atom stereocenters. The molecule has 2 N–H and O–H groups in total. The van der Waals surface area contributed by atoms with Crippen LogP contribution in [0.4, 0.5) is 0 Å². The summed E-state index contributed by atoms with van der Waals surface area (Å²) in [6.07, 6.45) is 8.01. The summed E-state index contributed by atoms with van der Waals surface area (Å²) in [5, 5.41) is 22.9. The molecule has 1 aliphatic rings. The van der Waals surface area contributed by atoms with Gasteiger partial charge in [0, 0.05) is 16.4 Å². The lowest BCUT2D eigenvalue weighted by Crippen LogP contribution is -2.18. The van der Waals surface area contributed by atoms with Crippen LogP contribution in [0, 0.1) is 5.41 Å². The number of rotatable bonds is 12. The van der Waals surface area contributed by atoms with Crippen LogP contribution in [-0.2, 0) is 16.8 Å². The number of halogens is 1. The van der Waals surface area contributed by atoms with E-state index in [2.05, 4.69) is 42.5 Å². The Morgan fingerprint density at radius 2 is 1.95 bits per heavy atom. The van der Waals surface area contributed by atoms with E-state index in [1.165, 1.54) is 5.56 Å². The molecule has 1 aliphatic carbocycles. The highest BCUT2D eigenvalue weighted by Gasteiger charge is 2.44. The van der Waals surface area contributed by atoms with E-state index < -0.39 is 11.6 Å². The Bertz CT molecular complexity index is 1530. The van der Waals surface area contributed by atoms with Crippen molar-refractivity contribution in [3.05, 3.63) is 99.0 Å². The van der Waals surface area contributed by atoms with E-state index in [0.29, 0.717) is 5.02 Å². The van der Waals surface area contributed by atoms with Gasteiger partial charge in [0.05, 0.1) is 27.4 Å². The van der Waals surface area contributed by atoms with Crippen molar-refractivity contribution in [2.24, 2.45) is 5.41 Å². The second kappa shape index (κ2) is 12.1. The number of aryl methyl sites for hydroxylation is 1. The summed E-state index contributed by atoms with van der Waals surface area (Å²) in [7, 11) is 0. The maximum absolute atomic E-state index is 11.5. The standard InChI is InChI=1S/C33H34ClNO3S2/c1-32(2,38)26-9-4-3-7-23(26)11-14-28(40-21-33(16-17-33)19-30(36)37)24-8-5-6-22(18-24)10-12-25-13-15-29-31(35-25)27(34)20-39-29/h3-10,12-13,15,18,20,28,38H,11,14,16-17,19,21H2,1-2H3,(H,36,37)/b12-10+/t28-/m1/s1. The van der Waals surface area contributed by atoms with Gasteiger partial charge in [-0.2, -0.15) is 11.8 Å². The Kier molecular flexibility index (Phi) is 8.72. The summed E-state index contributed by atoms with van der Waals surface area (Å²) < 4.78 is 1.08. The normalized spacial score (nSPS) is 15.5. The highest BCUT2D eigenvalue weighted by atomic mass is 35.5. The number of thioether (sulfide) groups is 1.